The average molecular weight is 515 g/mol. The van der Waals surface area contributed by atoms with Crippen LogP contribution in [0.2, 0.25) is 0 Å². The number of ether oxygens (including phenoxy) is 1. The lowest BCUT2D eigenvalue weighted by molar-refractivity contribution is -0.140. The number of rotatable bonds is 9. The summed E-state index contributed by atoms with van der Waals surface area (Å²) in [6, 6.07) is 23.1. The number of carboxylic acid groups (broad SMARTS) is 1. The zero-order chi connectivity index (χ0) is 27.1. The average Bonchev–Trinajstić information content (AvgIpc) is 3.39. The number of nitrogens with zero attached hydrogens (tertiary/aromatic N) is 1. The number of carbonyl (C=O) groups is 3. The Kier molecular flexibility index (Phi) is 8.02. The quantitative estimate of drug-likeness (QED) is 0.227. The molecule has 1 atom stereocenters. The summed E-state index contributed by atoms with van der Waals surface area (Å²) in [5.74, 6) is -0.836. The molecule has 4 N–H and O–H groups in total. The summed E-state index contributed by atoms with van der Waals surface area (Å²) in [4.78, 5) is 36.1. The van der Waals surface area contributed by atoms with E-state index in [1.54, 1.807) is 62.4 Å². The van der Waals surface area contributed by atoms with Crippen molar-refractivity contribution in [3.05, 3.63) is 90.7 Å². The van der Waals surface area contributed by atoms with Crippen LogP contribution < -0.4 is 20.7 Å². The van der Waals surface area contributed by atoms with Crippen LogP contribution >= 0.6 is 0 Å². The molecule has 0 fully saturated rings. The van der Waals surface area contributed by atoms with Crippen LogP contribution in [-0.4, -0.2) is 34.2 Å². The summed E-state index contributed by atoms with van der Waals surface area (Å²) in [5, 5.41) is 21.1. The molecule has 38 heavy (non-hydrogen) atoms. The molecule has 3 aromatic carbocycles. The van der Waals surface area contributed by atoms with Crippen LogP contribution in [0.15, 0.2) is 89.5 Å². The minimum atomic E-state index is -1.13. The van der Waals surface area contributed by atoms with Gasteiger partial charge in [0.1, 0.15) is 23.2 Å². The largest absolute Gasteiger partial charge is 0.480 e. The maximum atomic E-state index is 12.4. The summed E-state index contributed by atoms with van der Waals surface area (Å²) in [5.41, 5.74) is 2.17. The summed E-state index contributed by atoms with van der Waals surface area (Å²) in [6.07, 6.45) is 0. The Hall–Kier alpha value is -5.12. The van der Waals surface area contributed by atoms with Crippen molar-refractivity contribution >= 4 is 29.3 Å². The monoisotopic (exact) mass is 514 g/mol. The minimum Gasteiger partial charge on any atom is -0.480 e. The molecule has 1 unspecified atom stereocenters. The van der Waals surface area contributed by atoms with Gasteiger partial charge in [-0.2, -0.15) is 0 Å². The Bertz CT molecular complexity index is 1400. The number of anilines is 2. The highest BCUT2D eigenvalue weighted by Gasteiger charge is 2.25. The van der Waals surface area contributed by atoms with Gasteiger partial charge < -0.3 is 30.3 Å². The Morgan fingerprint density at radius 3 is 2.00 bits per heavy atom. The highest BCUT2D eigenvalue weighted by Crippen LogP contribution is 2.24. The van der Waals surface area contributed by atoms with E-state index in [9.17, 15) is 19.5 Å². The molecule has 1 aromatic heterocycles. The first-order chi connectivity index (χ1) is 18.3. The number of carbonyl (C=O) groups excluding carboxylic acids is 2. The Morgan fingerprint density at radius 2 is 1.42 bits per heavy atom. The third-order valence-corrected chi connectivity index (χ3v) is 5.48. The van der Waals surface area contributed by atoms with Gasteiger partial charge in [0.2, 0.25) is 5.76 Å². The second-order valence-corrected chi connectivity index (χ2v) is 8.71. The molecule has 1 heterocycles. The first-order valence-corrected chi connectivity index (χ1v) is 11.8. The van der Waals surface area contributed by atoms with Crippen molar-refractivity contribution in [1.29, 1.82) is 0 Å². The lowest BCUT2D eigenvalue weighted by Crippen LogP contribution is -2.44. The molecular weight excluding hydrogens is 488 g/mol. The molecule has 0 aliphatic rings. The Balaban J connectivity index is 1.31. The molecular formula is C28H26N4O6. The topological polar surface area (TPSA) is 143 Å². The van der Waals surface area contributed by atoms with Gasteiger partial charge in [0.05, 0.1) is 0 Å². The number of hydrogen-bond donors (Lipinski definition) is 4. The number of aromatic nitrogens is 1. The number of hydrogen-bond acceptors (Lipinski definition) is 6. The van der Waals surface area contributed by atoms with E-state index in [0.29, 0.717) is 28.4 Å². The van der Waals surface area contributed by atoms with Crippen molar-refractivity contribution in [2.75, 3.05) is 10.6 Å². The molecule has 0 spiro atoms. The second-order valence-electron chi connectivity index (χ2n) is 8.71. The van der Waals surface area contributed by atoms with Crippen LogP contribution in [0.3, 0.4) is 0 Å². The van der Waals surface area contributed by atoms with Gasteiger partial charge in [0.25, 0.3) is 5.91 Å². The minimum absolute atomic E-state index is 0.103. The van der Waals surface area contributed by atoms with Crippen molar-refractivity contribution in [3.8, 4) is 22.8 Å². The highest BCUT2D eigenvalue weighted by molar-refractivity contribution is 6.00. The summed E-state index contributed by atoms with van der Waals surface area (Å²) in [7, 11) is 0. The molecule has 10 nitrogen and oxygen atoms in total. The number of amides is 3. The van der Waals surface area contributed by atoms with Crippen molar-refractivity contribution in [2.45, 2.75) is 19.9 Å². The van der Waals surface area contributed by atoms with Crippen molar-refractivity contribution in [1.82, 2.24) is 10.5 Å². The van der Waals surface area contributed by atoms with E-state index in [1.165, 1.54) is 6.07 Å². The fraction of sp³-hybridized carbons (Fsp3) is 0.143. The fourth-order valence-electron chi connectivity index (χ4n) is 3.49. The van der Waals surface area contributed by atoms with Crippen LogP contribution in [0.1, 0.15) is 24.4 Å². The molecule has 0 bridgehead atoms. The van der Waals surface area contributed by atoms with Gasteiger partial charge in [0.15, 0.2) is 0 Å². The predicted molar refractivity (Wildman–Crippen MR) is 141 cm³/mol. The molecule has 0 aliphatic carbocycles. The van der Waals surface area contributed by atoms with Gasteiger partial charge >= 0.3 is 12.0 Å². The van der Waals surface area contributed by atoms with E-state index in [1.807, 2.05) is 30.3 Å². The maximum Gasteiger partial charge on any atom is 0.326 e. The molecule has 0 radical (unpaired) electrons. The molecule has 4 aromatic rings. The second kappa shape index (κ2) is 11.7. The van der Waals surface area contributed by atoms with Gasteiger partial charge in [-0.25, -0.2) is 9.59 Å². The number of para-hydroxylation sites is 1. The Morgan fingerprint density at radius 1 is 0.842 bits per heavy atom. The zero-order valence-electron chi connectivity index (χ0n) is 20.7. The van der Waals surface area contributed by atoms with Gasteiger partial charge in [-0.3, -0.25) is 4.79 Å². The number of benzene rings is 3. The molecule has 0 saturated carbocycles. The van der Waals surface area contributed by atoms with Crippen LogP contribution in [0.4, 0.5) is 16.2 Å². The van der Waals surface area contributed by atoms with Crippen molar-refractivity contribution < 1.29 is 28.8 Å². The zero-order valence-corrected chi connectivity index (χ0v) is 20.7. The molecule has 4 rings (SSSR count). The molecule has 3 amide bonds. The van der Waals surface area contributed by atoms with Gasteiger partial charge in [-0.1, -0.05) is 49.3 Å². The fourth-order valence-corrected chi connectivity index (χ4v) is 3.49. The van der Waals surface area contributed by atoms with E-state index in [4.69, 9.17) is 9.26 Å². The van der Waals surface area contributed by atoms with Crippen LogP contribution in [0.25, 0.3) is 11.3 Å². The summed E-state index contributed by atoms with van der Waals surface area (Å²) < 4.78 is 10.8. The number of nitrogens with one attached hydrogen (secondary N) is 3. The predicted octanol–water partition coefficient (Wildman–Crippen LogP) is 5.62. The van der Waals surface area contributed by atoms with E-state index >= 15 is 0 Å². The van der Waals surface area contributed by atoms with Crippen LogP contribution in [-0.2, 0) is 4.79 Å². The summed E-state index contributed by atoms with van der Waals surface area (Å²) in [6.45, 7) is 3.39. The molecule has 0 aliphatic heterocycles. The lowest BCUT2D eigenvalue weighted by atomic mass is 10.0. The number of aliphatic carboxylic acids is 1. The first-order valence-electron chi connectivity index (χ1n) is 11.8. The van der Waals surface area contributed by atoms with Gasteiger partial charge in [-0.15, -0.1) is 0 Å². The normalized spacial score (nSPS) is 11.4. The SMILES string of the molecule is CC(C)C(NC(=O)c1cc(-c2ccc(NC(=O)Nc3ccc(Oc4ccccc4)cc3)cc2)no1)C(=O)O. The van der Waals surface area contributed by atoms with Crippen LogP contribution in [0, 0.1) is 5.92 Å². The smallest absolute Gasteiger partial charge is 0.326 e. The molecule has 0 saturated heterocycles. The number of carboxylic acids is 1. The third kappa shape index (κ3) is 6.76. The van der Waals surface area contributed by atoms with Gasteiger partial charge in [0, 0.05) is 23.0 Å². The van der Waals surface area contributed by atoms with Crippen LogP contribution in [0.5, 0.6) is 11.5 Å². The molecule has 194 valence electrons. The lowest BCUT2D eigenvalue weighted by Gasteiger charge is -2.16. The Labute approximate surface area is 218 Å². The summed E-state index contributed by atoms with van der Waals surface area (Å²) >= 11 is 0. The third-order valence-electron chi connectivity index (χ3n) is 5.48. The number of urea groups is 1. The van der Waals surface area contributed by atoms with Crippen molar-refractivity contribution in [2.24, 2.45) is 5.92 Å². The van der Waals surface area contributed by atoms with Gasteiger partial charge in [-0.05, 0) is 54.4 Å². The van der Waals surface area contributed by atoms with E-state index in [0.717, 1.165) is 5.75 Å². The highest BCUT2D eigenvalue weighted by atomic mass is 16.5. The first kappa shape index (κ1) is 26.0. The maximum absolute atomic E-state index is 12.4. The molecule has 10 heteroatoms. The standard InChI is InChI=1S/C28H26N4O6/c1-17(2)25(27(34)35)31-26(33)24-16-23(32-38-24)18-8-10-19(11-9-18)29-28(36)30-20-12-14-22(15-13-20)37-21-6-4-3-5-7-21/h3-17,25H,1-2H3,(H,31,33)(H,34,35)(H2,29,30,36). The van der Waals surface area contributed by atoms with E-state index in [2.05, 4.69) is 21.1 Å². The van der Waals surface area contributed by atoms with E-state index < -0.39 is 23.9 Å². The van der Waals surface area contributed by atoms with Crippen molar-refractivity contribution in [3.63, 3.8) is 0 Å². The van der Waals surface area contributed by atoms with E-state index in [-0.39, 0.29) is 11.7 Å².